The quantitative estimate of drug-likeness (QED) is 0.865. The number of sulfonamides is 1. The first kappa shape index (κ1) is 16.8. The monoisotopic (exact) mass is 345 g/mol. The van der Waals surface area contributed by atoms with Gasteiger partial charge in [-0.25, -0.2) is 26.4 Å². The second-order valence-electron chi connectivity index (χ2n) is 4.34. The highest BCUT2D eigenvalue weighted by Gasteiger charge is 2.24. The highest BCUT2D eigenvalue weighted by molar-refractivity contribution is 7.92. The molecular weight excluding hydrogens is 335 g/mol. The lowest BCUT2D eigenvalue weighted by atomic mass is 10.2. The molecule has 122 valence electrons. The van der Waals surface area contributed by atoms with Crippen molar-refractivity contribution >= 4 is 21.7 Å². The minimum atomic E-state index is -4.32. The van der Waals surface area contributed by atoms with Gasteiger partial charge in [0.15, 0.2) is 5.82 Å². The molecule has 0 heterocycles. The minimum absolute atomic E-state index is 0.458. The van der Waals surface area contributed by atoms with Crippen molar-refractivity contribution in [3.63, 3.8) is 0 Å². The van der Waals surface area contributed by atoms with Crippen molar-refractivity contribution in [2.45, 2.75) is 4.90 Å². The number of methoxy groups -OCH3 is 1. The molecule has 2 rings (SSSR count). The number of carbonyl (C=O) groups excluding carboxylic acids is 1. The number of hydrogen-bond acceptors (Lipinski definition) is 4. The number of hydrogen-bond donors (Lipinski definition) is 1. The van der Waals surface area contributed by atoms with Gasteiger partial charge < -0.3 is 4.74 Å². The summed E-state index contributed by atoms with van der Waals surface area (Å²) in [7, 11) is -3.40. The van der Waals surface area contributed by atoms with Crippen LogP contribution in [0, 0.1) is 17.5 Å². The summed E-state index contributed by atoms with van der Waals surface area (Å²) >= 11 is 0. The van der Waals surface area contributed by atoms with Gasteiger partial charge in [-0.3, -0.25) is 4.72 Å². The van der Waals surface area contributed by atoms with Crippen LogP contribution in [0.2, 0.25) is 0 Å². The van der Waals surface area contributed by atoms with Crippen molar-refractivity contribution in [3.05, 3.63) is 59.4 Å². The van der Waals surface area contributed by atoms with Crippen molar-refractivity contribution in [3.8, 4) is 0 Å². The molecule has 0 radical (unpaired) electrons. The zero-order valence-electron chi connectivity index (χ0n) is 11.6. The van der Waals surface area contributed by atoms with Crippen LogP contribution >= 0.6 is 0 Å². The Morgan fingerprint density at radius 1 is 1.13 bits per heavy atom. The highest BCUT2D eigenvalue weighted by Crippen LogP contribution is 2.24. The van der Waals surface area contributed by atoms with Crippen LogP contribution in [0.1, 0.15) is 10.4 Å². The maximum absolute atomic E-state index is 14.2. The van der Waals surface area contributed by atoms with Crippen LogP contribution in [0.4, 0.5) is 18.9 Å². The van der Waals surface area contributed by atoms with E-state index in [4.69, 9.17) is 0 Å². The number of benzene rings is 2. The summed E-state index contributed by atoms with van der Waals surface area (Å²) in [6.07, 6.45) is 0. The Hall–Kier alpha value is -2.55. The molecule has 23 heavy (non-hydrogen) atoms. The van der Waals surface area contributed by atoms with E-state index in [1.807, 2.05) is 4.72 Å². The van der Waals surface area contributed by atoms with Gasteiger partial charge in [0, 0.05) is 0 Å². The van der Waals surface area contributed by atoms with Crippen molar-refractivity contribution < 1.29 is 31.1 Å². The number of halogens is 3. The zero-order chi connectivity index (χ0) is 17.2. The van der Waals surface area contributed by atoms with Gasteiger partial charge in [-0.15, -0.1) is 0 Å². The third kappa shape index (κ3) is 3.45. The Morgan fingerprint density at radius 3 is 2.43 bits per heavy atom. The first-order valence-electron chi connectivity index (χ1n) is 6.11. The Labute approximate surface area is 129 Å². The average molecular weight is 345 g/mol. The van der Waals surface area contributed by atoms with Gasteiger partial charge in [0.2, 0.25) is 0 Å². The van der Waals surface area contributed by atoms with Crippen molar-refractivity contribution in [1.29, 1.82) is 0 Å². The summed E-state index contributed by atoms with van der Waals surface area (Å²) in [6, 6.07) is 5.52. The van der Waals surface area contributed by atoms with Gasteiger partial charge in [0.05, 0.1) is 17.7 Å². The van der Waals surface area contributed by atoms with Crippen molar-refractivity contribution in [2.24, 2.45) is 0 Å². The number of esters is 1. The smallest absolute Gasteiger partial charge is 0.343 e. The van der Waals surface area contributed by atoms with Crippen LogP contribution < -0.4 is 4.72 Å². The summed E-state index contributed by atoms with van der Waals surface area (Å²) in [5, 5.41) is 0. The fourth-order valence-electron chi connectivity index (χ4n) is 1.76. The molecule has 0 atom stereocenters. The van der Waals surface area contributed by atoms with Gasteiger partial charge >= 0.3 is 5.97 Å². The van der Waals surface area contributed by atoms with E-state index >= 15 is 0 Å². The minimum Gasteiger partial charge on any atom is -0.465 e. The summed E-state index contributed by atoms with van der Waals surface area (Å²) < 4.78 is 71.0. The predicted octanol–water partition coefficient (Wildman–Crippen LogP) is 2.69. The van der Waals surface area contributed by atoms with E-state index in [0.29, 0.717) is 6.07 Å². The van der Waals surface area contributed by atoms with Crippen LogP contribution in [-0.4, -0.2) is 21.5 Å². The molecule has 0 fully saturated rings. The molecule has 0 unspecified atom stereocenters. The number of carbonyl (C=O) groups is 1. The molecule has 0 aliphatic heterocycles. The third-order valence-electron chi connectivity index (χ3n) is 2.83. The molecule has 0 spiro atoms. The van der Waals surface area contributed by atoms with Crippen LogP contribution in [0.3, 0.4) is 0 Å². The molecule has 0 aromatic heterocycles. The number of rotatable bonds is 4. The molecule has 0 aliphatic carbocycles. The second-order valence-corrected chi connectivity index (χ2v) is 6.02. The molecule has 0 amide bonds. The van der Waals surface area contributed by atoms with Gasteiger partial charge in [0.1, 0.15) is 17.2 Å². The molecule has 0 aliphatic rings. The number of nitrogens with one attached hydrogen (secondary N) is 1. The fourth-order valence-corrected chi connectivity index (χ4v) is 2.85. The Kier molecular flexibility index (Phi) is 4.60. The van der Waals surface area contributed by atoms with E-state index in [1.165, 1.54) is 0 Å². The SMILES string of the molecule is COC(=O)c1c(F)ccc(NS(=O)(=O)c2cccc(F)c2)c1F. The molecule has 2 aromatic rings. The number of anilines is 1. The Morgan fingerprint density at radius 2 is 1.83 bits per heavy atom. The van der Waals surface area contributed by atoms with Crippen molar-refractivity contribution in [1.82, 2.24) is 0 Å². The summed E-state index contributed by atoms with van der Waals surface area (Å²) in [5.74, 6) is -4.74. The maximum Gasteiger partial charge on any atom is 0.343 e. The van der Waals surface area contributed by atoms with Crippen LogP contribution in [0.15, 0.2) is 41.3 Å². The Balaban J connectivity index is 2.46. The second kappa shape index (κ2) is 6.29. The summed E-state index contributed by atoms with van der Waals surface area (Å²) in [6.45, 7) is 0. The van der Waals surface area contributed by atoms with Crippen molar-refractivity contribution in [2.75, 3.05) is 11.8 Å². The molecule has 1 N–H and O–H groups in total. The standard InChI is InChI=1S/C14H10F3NO4S/c1-22-14(19)12-10(16)5-6-11(13(12)17)18-23(20,21)9-4-2-3-8(15)7-9/h2-7,18H,1H3. The lowest BCUT2D eigenvalue weighted by molar-refractivity contribution is 0.0590. The van der Waals surface area contributed by atoms with E-state index < -0.39 is 49.6 Å². The van der Waals surface area contributed by atoms with E-state index in [2.05, 4.69) is 4.74 Å². The largest absolute Gasteiger partial charge is 0.465 e. The first-order valence-corrected chi connectivity index (χ1v) is 7.59. The fraction of sp³-hybridized carbons (Fsp3) is 0.0714. The highest BCUT2D eigenvalue weighted by atomic mass is 32.2. The van der Waals surface area contributed by atoms with E-state index in [-0.39, 0.29) is 0 Å². The topological polar surface area (TPSA) is 72.5 Å². The number of ether oxygens (including phenoxy) is 1. The molecule has 2 aromatic carbocycles. The van der Waals surface area contributed by atoms with E-state index in [1.54, 1.807) is 0 Å². The molecule has 0 saturated heterocycles. The third-order valence-corrected chi connectivity index (χ3v) is 4.19. The summed E-state index contributed by atoms with van der Waals surface area (Å²) in [5.41, 5.74) is -1.71. The van der Waals surface area contributed by atoms with Gasteiger partial charge in [-0.1, -0.05) is 6.07 Å². The maximum atomic E-state index is 14.2. The molecule has 0 saturated carbocycles. The molecule has 5 nitrogen and oxygen atoms in total. The predicted molar refractivity (Wildman–Crippen MR) is 74.9 cm³/mol. The van der Waals surface area contributed by atoms with Gasteiger partial charge in [-0.2, -0.15) is 0 Å². The molecular formula is C14H10F3NO4S. The van der Waals surface area contributed by atoms with Crippen LogP contribution in [0.5, 0.6) is 0 Å². The lowest BCUT2D eigenvalue weighted by Gasteiger charge is -2.11. The van der Waals surface area contributed by atoms with Crippen LogP contribution in [0.25, 0.3) is 0 Å². The molecule has 9 heteroatoms. The normalized spacial score (nSPS) is 11.1. The average Bonchev–Trinajstić information content (AvgIpc) is 2.50. The molecule has 0 bridgehead atoms. The lowest BCUT2D eigenvalue weighted by Crippen LogP contribution is -2.16. The van der Waals surface area contributed by atoms with E-state index in [0.717, 1.165) is 37.4 Å². The van der Waals surface area contributed by atoms with Gasteiger partial charge in [0.25, 0.3) is 10.0 Å². The first-order chi connectivity index (χ1) is 10.8. The van der Waals surface area contributed by atoms with Crippen LogP contribution in [-0.2, 0) is 14.8 Å². The zero-order valence-corrected chi connectivity index (χ0v) is 12.5. The van der Waals surface area contributed by atoms with E-state index in [9.17, 15) is 26.4 Å². The summed E-state index contributed by atoms with van der Waals surface area (Å²) in [4.78, 5) is 10.9. The van der Waals surface area contributed by atoms with Gasteiger partial charge in [-0.05, 0) is 30.3 Å². The Bertz CT molecular complexity index is 868.